The maximum atomic E-state index is 6.16. The summed E-state index contributed by atoms with van der Waals surface area (Å²) in [6, 6.07) is 10.9. The SMILES string of the molecule is CCCCCC1OC(OC)CCC1[Se]c1ccccc1. The first kappa shape index (κ1) is 16.0. The molecule has 0 amide bonds. The van der Waals surface area contributed by atoms with E-state index in [-0.39, 0.29) is 6.29 Å². The first-order valence-electron chi connectivity index (χ1n) is 7.73. The van der Waals surface area contributed by atoms with Gasteiger partial charge in [0, 0.05) is 0 Å². The third kappa shape index (κ3) is 4.89. The average Bonchev–Trinajstić information content (AvgIpc) is 2.50. The first-order valence-corrected chi connectivity index (χ1v) is 9.58. The number of hydrogen-bond donors (Lipinski definition) is 0. The van der Waals surface area contributed by atoms with Crippen LogP contribution in [0.3, 0.4) is 0 Å². The van der Waals surface area contributed by atoms with Crippen molar-refractivity contribution in [3.63, 3.8) is 0 Å². The van der Waals surface area contributed by atoms with Gasteiger partial charge in [0.15, 0.2) is 0 Å². The molecule has 3 unspecified atom stereocenters. The molecule has 3 heteroatoms. The Labute approximate surface area is 129 Å². The molecular weight excluding hydrogens is 315 g/mol. The van der Waals surface area contributed by atoms with Gasteiger partial charge in [-0.3, -0.25) is 0 Å². The van der Waals surface area contributed by atoms with E-state index in [0.717, 1.165) is 6.42 Å². The Hall–Kier alpha value is -0.341. The van der Waals surface area contributed by atoms with E-state index in [4.69, 9.17) is 9.47 Å². The van der Waals surface area contributed by atoms with Crippen LogP contribution in [0.1, 0.15) is 45.4 Å². The number of ether oxygens (including phenoxy) is 2. The summed E-state index contributed by atoms with van der Waals surface area (Å²) in [4.78, 5) is 0.702. The third-order valence-electron chi connectivity index (χ3n) is 3.81. The molecule has 1 aromatic carbocycles. The number of rotatable bonds is 7. The fraction of sp³-hybridized carbons (Fsp3) is 0.647. The Kier molecular flexibility index (Phi) is 7.09. The summed E-state index contributed by atoms with van der Waals surface area (Å²) in [6.07, 6.45) is 7.73. The number of unbranched alkanes of at least 4 members (excludes halogenated alkanes) is 2. The summed E-state index contributed by atoms with van der Waals surface area (Å²) >= 11 is 0.511. The van der Waals surface area contributed by atoms with Crippen LogP contribution in [0, 0.1) is 0 Å². The molecule has 1 fully saturated rings. The van der Waals surface area contributed by atoms with Crippen LogP contribution in [0.15, 0.2) is 30.3 Å². The Balaban J connectivity index is 1.93. The van der Waals surface area contributed by atoms with Crippen LogP contribution >= 0.6 is 0 Å². The van der Waals surface area contributed by atoms with Gasteiger partial charge in [-0.05, 0) is 0 Å². The summed E-state index contributed by atoms with van der Waals surface area (Å²) in [5, 5.41) is 0. The molecule has 2 nitrogen and oxygen atoms in total. The predicted octanol–water partition coefficient (Wildman–Crippen LogP) is 3.54. The molecule has 2 rings (SSSR count). The minimum atomic E-state index is 0.0180. The molecule has 0 spiro atoms. The van der Waals surface area contributed by atoms with Crippen molar-refractivity contribution in [3.8, 4) is 0 Å². The second-order valence-electron chi connectivity index (χ2n) is 5.38. The third-order valence-corrected chi connectivity index (χ3v) is 6.72. The van der Waals surface area contributed by atoms with Gasteiger partial charge in [-0.2, -0.15) is 0 Å². The number of hydrogen-bond acceptors (Lipinski definition) is 2. The molecule has 0 aromatic heterocycles. The van der Waals surface area contributed by atoms with E-state index < -0.39 is 0 Å². The molecule has 0 aliphatic carbocycles. The van der Waals surface area contributed by atoms with Crippen LogP contribution in [-0.4, -0.2) is 34.5 Å². The van der Waals surface area contributed by atoms with Crippen LogP contribution in [-0.2, 0) is 9.47 Å². The molecule has 0 saturated carbocycles. The standard InChI is InChI=1S/C17H26O2Se/c1-3-4-6-11-15-16(12-13-17(18-2)19-15)20-14-9-7-5-8-10-14/h5,7-10,15-17H,3-4,6,11-13H2,1-2H3. The van der Waals surface area contributed by atoms with Gasteiger partial charge in [0.05, 0.1) is 0 Å². The van der Waals surface area contributed by atoms with Crippen molar-refractivity contribution in [1.29, 1.82) is 0 Å². The topological polar surface area (TPSA) is 18.5 Å². The zero-order valence-electron chi connectivity index (χ0n) is 12.6. The molecule has 1 aliphatic rings. The van der Waals surface area contributed by atoms with Crippen LogP contribution < -0.4 is 4.46 Å². The van der Waals surface area contributed by atoms with Crippen molar-refractivity contribution < 1.29 is 9.47 Å². The van der Waals surface area contributed by atoms with Crippen molar-refractivity contribution in [2.75, 3.05) is 7.11 Å². The number of methoxy groups -OCH3 is 1. The zero-order valence-corrected chi connectivity index (χ0v) is 14.3. The fourth-order valence-electron chi connectivity index (χ4n) is 2.67. The van der Waals surface area contributed by atoms with Crippen molar-refractivity contribution in [2.45, 2.75) is 62.7 Å². The summed E-state index contributed by atoms with van der Waals surface area (Å²) in [5.74, 6) is 0. The van der Waals surface area contributed by atoms with E-state index in [9.17, 15) is 0 Å². The Morgan fingerprint density at radius 3 is 2.70 bits per heavy atom. The molecule has 1 aromatic rings. The summed E-state index contributed by atoms with van der Waals surface area (Å²) in [7, 11) is 1.76. The molecule has 1 aliphatic heterocycles. The second-order valence-corrected chi connectivity index (χ2v) is 8.14. The van der Waals surface area contributed by atoms with E-state index >= 15 is 0 Å². The summed E-state index contributed by atoms with van der Waals surface area (Å²) < 4.78 is 13.1. The Bertz CT molecular complexity index is 369. The first-order chi connectivity index (χ1) is 9.83. The molecule has 0 N–H and O–H groups in total. The maximum absolute atomic E-state index is 6.16. The van der Waals surface area contributed by atoms with Crippen molar-refractivity contribution >= 4 is 19.4 Å². The van der Waals surface area contributed by atoms with Crippen LogP contribution in [0.25, 0.3) is 0 Å². The molecule has 0 bridgehead atoms. The average molecular weight is 341 g/mol. The van der Waals surface area contributed by atoms with E-state index in [2.05, 4.69) is 37.3 Å². The monoisotopic (exact) mass is 342 g/mol. The van der Waals surface area contributed by atoms with Gasteiger partial charge in [-0.15, -0.1) is 0 Å². The molecule has 3 atom stereocenters. The van der Waals surface area contributed by atoms with Crippen LogP contribution in [0.2, 0.25) is 4.82 Å². The molecule has 112 valence electrons. The van der Waals surface area contributed by atoms with Crippen LogP contribution in [0.5, 0.6) is 0 Å². The molecule has 1 heterocycles. The minimum absolute atomic E-state index is 0.0180. The Morgan fingerprint density at radius 1 is 1.20 bits per heavy atom. The summed E-state index contributed by atoms with van der Waals surface area (Å²) in [6.45, 7) is 2.26. The van der Waals surface area contributed by atoms with E-state index in [1.54, 1.807) is 7.11 Å². The van der Waals surface area contributed by atoms with Gasteiger partial charge in [-0.1, -0.05) is 0 Å². The van der Waals surface area contributed by atoms with Gasteiger partial charge < -0.3 is 0 Å². The normalized spacial score (nSPS) is 26.6. The van der Waals surface area contributed by atoms with Crippen LogP contribution in [0.4, 0.5) is 0 Å². The van der Waals surface area contributed by atoms with E-state index in [1.165, 1.54) is 36.6 Å². The molecule has 1 saturated heterocycles. The fourth-order valence-corrected chi connectivity index (χ4v) is 5.33. The predicted molar refractivity (Wildman–Crippen MR) is 84.6 cm³/mol. The zero-order chi connectivity index (χ0) is 14.2. The van der Waals surface area contributed by atoms with Gasteiger partial charge >= 0.3 is 129 Å². The van der Waals surface area contributed by atoms with Crippen molar-refractivity contribution in [3.05, 3.63) is 30.3 Å². The molecule has 20 heavy (non-hydrogen) atoms. The summed E-state index contributed by atoms with van der Waals surface area (Å²) in [5.41, 5.74) is 0. The van der Waals surface area contributed by atoms with Crippen molar-refractivity contribution in [2.24, 2.45) is 0 Å². The molecular formula is C17H26O2Se. The Morgan fingerprint density at radius 2 is 2.00 bits per heavy atom. The number of benzene rings is 1. The van der Waals surface area contributed by atoms with Gasteiger partial charge in [-0.25, -0.2) is 0 Å². The van der Waals surface area contributed by atoms with E-state index in [0.29, 0.717) is 25.9 Å². The van der Waals surface area contributed by atoms with E-state index in [1.807, 2.05) is 0 Å². The van der Waals surface area contributed by atoms with Gasteiger partial charge in [0.2, 0.25) is 0 Å². The molecule has 0 radical (unpaired) electrons. The quantitative estimate of drug-likeness (QED) is 0.558. The van der Waals surface area contributed by atoms with Gasteiger partial charge in [0.25, 0.3) is 0 Å². The van der Waals surface area contributed by atoms with Gasteiger partial charge in [0.1, 0.15) is 0 Å². The van der Waals surface area contributed by atoms with Crippen molar-refractivity contribution in [1.82, 2.24) is 0 Å². The second kappa shape index (κ2) is 8.84.